The Balaban J connectivity index is 0.000000621. The van der Waals surface area contributed by atoms with Gasteiger partial charge in [0.1, 0.15) is 30.6 Å². The summed E-state index contributed by atoms with van der Waals surface area (Å²) in [5.41, 5.74) is -7.54. The number of ether oxygens (including phenoxy) is 2. The quantitative estimate of drug-likeness (QED) is 0.0481. The molecule has 4 amide bonds. The maximum absolute atomic E-state index is 13.1. The van der Waals surface area contributed by atoms with E-state index in [0.717, 1.165) is 38.1 Å². The summed E-state index contributed by atoms with van der Waals surface area (Å²) in [7, 11) is 0. The second kappa shape index (κ2) is 24.6. The Labute approximate surface area is 406 Å². The van der Waals surface area contributed by atoms with Crippen molar-refractivity contribution in [3.63, 3.8) is 0 Å². The summed E-state index contributed by atoms with van der Waals surface area (Å²) in [5.74, 6) is -2.96. The predicted octanol–water partition coefficient (Wildman–Crippen LogP) is 2.14. The van der Waals surface area contributed by atoms with Crippen molar-refractivity contribution in [2.24, 2.45) is 0 Å². The minimum Gasteiger partial charge on any atom is -1.00 e. The number of alkyl halides is 8. The van der Waals surface area contributed by atoms with Gasteiger partial charge in [-0.15, -0.1) is 11.6 Å². The fraction of sp³-hybridized carbons (Fsp3) is 0.250. The van der Waals surface area contributed by atoms with Gasteiger partial charge in [-0.1, -0.05) is 12.1 Å². The van der Waals surface area contributed by atoms with Crippen molar-refractivity contribution in [2.75, 3.05) is 47.0 Å². The maximum Gasteiger partial charge on any atom is 1.00 e. The Bertz CT molecular complexity index is 2180. The van der Waals surface area contributed by atoms with Crippen molar-refractivity contribution in [3.05, 3.63) is 119 Å². The molecule has 0 fully saturated rings. The molecule has 6 N–H and O–H groups in total. The molecule has 4 aromatic rings. The van der Waals surface area contributed by atoms with Crippen molar-refractivity contribution in [3.8, 4) is 11.5 Å². The van der Waals surface area contributed by atoms with E-state index in [1.165, 1.54) is 48.5 Å². The number of hydrogen-bond donors (Lipinski definition) is 6. The van der Waals surface area contributed by atoms with E-state index in [9.17, 15) is 60.1 Å². The first kappa shape index (κ1) is 56.6. The predicted molar refractivity (Wildman–Crippen MR) is 212 cm³/mol. The van der Waals surface area contributed by atoms with Crippen LogP contribution in [0.3, 0.4) is 0 Å². The van der Waals surface area contributed by atoms with E-state index in [4.69, 9.17) is 34.2 Å². The molecule has 0 aliphatic rings. The number of nitrogens with zero attached hydrogens (tertiary/aromatic N) is 2. The first-order chi connectivity index (χ1) is 28.9. The molecule has 0 radical (unpaired) electrons. The van der Waals surface area contributed by atoms with Crippen LogP contribution in [0.1, 0.15) is 25.0 Å². The molecule has 0 saturated carbocycles. The van der Waals surface area contributed by atoms with Crippen LogP contribution in [0.15, 0.2) is 84.9 Å². The van der Waals surface area contributed by atoms with E-state index < -0.39 is 89.6 Å². The number of nitrogens with one attached hydrogen (secondary N) is 4. The molecule has 0 spiro atoms. The molecule has 0 aromatic heterocycles. The van der Waals surface area contributed by atoms with E-state index in [1.54, 1.807) is 0 Å². The monoisotopic (exact) mass is 952 g/mol. The van der Waals surface area contributed by atoms with Crippen LogP contribution in [0.4, 0.5) is 64.9 Å². The summed E-state index contributed by atoms with van der Waals surface area (Å²) in [6, 6.07) is 17.0. The zero-order valence-corrected chi connectivity index (χ0v) is 37.4. The minimum atomic E-state index is -4.79. The Morgan fingerprint density at radius 1 is 0.609 bits per heavy atom. The molecular formula is C40H34ClF8KN6O8. The van der Waals surface area contributed by atoms with Gasteiger partial charge in [0.2, 0.25) is 5.91 Å². The van der Waals surface area contributed by atoms with E-state index >= 15 is 0 Å². The van der Waals surface area contributed by atoms with Gasteiger partial charge in [-0.3, -0.25) is 19.2 Å². The van der Waals surface area contributed by atoms with Crippen LogP contribution in [-0.4, -0.2) is 70.8 Å². The summed E-state index contributed by atoms with van der Waals surface area (Å²) in [6.45, 7) is 13.7. The minimum absolute atomic E-state index is 0. The third-order valence-corrected chi connectivity index (χ3v) is 8.14. The molecule has 0 aliphatic heterocycles. The van der Waals surface area contributed by atoms with Crippen LogP contribution < -0.4 is 86.8 Å². The van der Waals surface area contributed by atoms with Crippen LogP contribution in [0.2, 0.25) is 0 Å². The molecule has 336 valence electrons. The van der Waals surface area contributed by atoms with Crippen LogP contribution in [0, 0.1) is 13.1 Å². The van der Waals surface area contributed by atoms with Crippen LogP contribution in [-0.2, 0) is 31.5 Å². The first-order valence-corrected chi connectivity index (χ1v) is 17.9. The number of anilines is 4. The Morgan fingerprint density at radius 2 is 0.938 bits per heavy atom. The normalized spacial score (nSPS) is 12.5. The molecule has 14 nitrogen and oxygen atoms in total. The second-order valence-corrected chi connectivity index (χ2v) is 13.4. The zero-order chi connectivity index (χ0) is 46.5. The fourth-order valence-corrected chi connectivity index (χ4v) is 4.71. The number of carbonyl (C=O) groups is 4. The van der Waals surface area contributed by atoms with E-state index in [1.807, 2.05) is 0 Å². The smallest absolute Gasteiger partial charge is 1.00 e. The summed E-state index contributed by atoms with van der Waals surface area (Å²) >= 11 is 5.40. The van der Waals surface area contributed by atoms with E-state index in [2.05, 4.69) is 31.0 Å². The standard InChI is InChI=1S/C20H17ClF3N3O4.C20H17F4N3O4.FH.K/c2*1-19(30,11-31-14-6-3-12(4-7-14)26-17(28)10-21)18(29)27-13-5-8-16(25-2)15(9-13)20(22,23)24;;/h2*3-9,30H,10-11H2,1H3,(H,26,28)(H,27,29);1H;/q;;;+1/p-1/t2*19-;;/m00../s1. The third kappa shape index (κ3) is 17.3. The average molecular weight is 953 g/mol. The molecule has 4 rings (SSSR count). The number of rotatable bonds is 14. The molecule has 0 unspecified atom stereocenters. The Kier molecular flexibility index (Phi) is 21.8. The number of aliphatic hydroxyl groups is 2. The van der Waals surface area contributed by atoms with Gasteiger partial charge >= 0.3 is 63.7 Å². The van der Waals surface area contributed by atoms with Crippen molar-refractivity contribution >= 4 is 69.4 Å². The molecule has 2 atom stereocenters. The Morgan fingerprint density at radius 3 is 1.23 bits per heavy atom. The summed E-state index contributed by atoms with van der Waals surface area (Å²) in [4.78, 5) is 52.5. The van der Waals surface area contributed by atoms with Crippen LogP contribution in [0.25, 0.3) is 9.69 Å². The zero-order valence-electron chi connectivity index (χ0n) is 33.6. The molecule has 24 heteroatoms. The fourth-order valence-electron chi connectivity index (χ4n) is 4.64. The largest absolute Gasteiger partial charge is 1.00 e. The van der Waals surface area contributed by atoms with Gasteiger partial charge in [0, 0.05) is 22.7 Å². The Hall–Kier alpha value is -5.37. The van der Waals surface area contributed by atoms with Crippen molar-refractivity contribution in [1.82, 2.24) is 0 Å². The average Bonchev–Trinajstić information content (AvgIpc) is 3.22. The SMILES string of the molecule is [C-]#[N+]c1ccc(NC(=O)[C@@](C)(O)COc2ccc(NC(=O)CCl)cc2)cc1C(F)(F)F.[C-]#[N+]c1ccc(NC(=O)[C@@](C)(O)COc2ccc(NC(=O)CF)cc2)cc1C(F)(F)F.[F-].[K+]. The second-order valence-electron chi connectivity index (χ2n) is 13.1. The van der Waals surface area contributed by atoms with Gasteiger partial charge in [-0.05, 0) is 86.6 Å². The number of amides is 4. The van der Waals surface area contributed by atoms with Crippen LogP contribution in [0.5, 0.6) is 11.5 Å². The molecule has 0 saturated heterocycles. The summed E-state index contributed by atoms with van der Waals surface area (Å²) in [5, 5.41) is 29.8. The first-order valence-electron chi connectivity index (χ1n) is 17.3. The van der Waals surface area contributed by atoms with Gasteiger partial charge in [0.25, 0.3) is 17.7 Å². The number of carbonyl (C=O) groups excluding carboxylic acids is 4. The number of benzene rings is 4. The topological polar surface area (TPSA) is 184 Å². The van der Waals surface area contributed by atoms with Crippen molar-refractivity contribution in [2.45, 2.75) is 37.4 Å². The molecule has 0 aliphatic carbocycles. The molecule has 0 heterocycles. The maximum atomic E-state index is 13.1. The van der Waals surface area contributed by atoms with E-state index in [0.29, 0.717) is 23.5 Å². The molecule has 4 aromatic carbocycles. The van der Waals surface area contributed by atoms with Gasteiger partial charge in [-0.2, -0.15) is 26.3 Å². The summed E-state index contributed by atoms with van der Waals surface area (Å²) in [6.07, 6.45) is -9.57. The molecule has 0 bridgehead atoms. The van der Waals surface area contributed by atoms with Gasteiger partial charge in [0.05, 0.1) is 24.3 Å². The molecular weight excluding hydrogens is 919 g/mol. The molecule has 64 heavy (non-hydrogen) atoms. The van der Waals surface area contributed by atoms with Gasteiger partial charge in [-0.25, -0.2) is 14.1 Å². The van der Waals surface area contributed by atoms with Crippen molar-refractivity contribution in [1.29, 1.82) is 0 Å². The van der Waals surface area contributed by atoms with E-state index in [-0.39, 0.29) is 84.8 Å². The van der Waals surface area contributed by atoms with Gasteiger partial charge < -0.3 is 45.7 Å². The number of halogens is 9. The van der Waals surface area contributed by atoms with Crippen LogP contribution >= 0.6 is 11.6 Å². The number of hydrogen-bond acceptors (Lipinski definition) is 8. The van der Waals surface area contributed by atoms with Crippen molar-refractivity contribution < 1.29 is 126 Å². The summed E-state index contributed by atoms with van der Waals surface area (Å²) < 4.78 is 101. The van der Waals surface area contributed by atoms with Gasteiger partial charge in [0.15, 0.2) is 29.3 Å². The third-order valence-electron chi connectivity index (χ3n) is 7.90.